The second-order valence-electron chi connectivity index (χ2n) is 7.91. The molecule has 2 unspecified atom stereocenters. The summed E-state index contributed by atoms with van der Waals surface area (Å²) < 4.78 is 0. The largest absolute Gasteiger partial charge is 0.314 e. The topological polar surface area (TPSA) is 18.5 Å². The Bertz CT molecular complexity index is 490. The summed E-state index contributed by atoms with van der Waals surface area (Å²) in [5, 5.41) is 3.59. The molecule has 0 spiro atoms. The van der Waals surface area contributed by atoms with Crippen LogP contribution in [0, 0.1) is 12.8 Å². The molecule has 2 atom stereocenters. The highest BCUT2D eigenvalue weighted by Gasteiger charge is 2.30. The molecular weight excluding hydrogens is 294 g/mol. The van der Waals surface area contributed by atoms with Gasteiger partial charge in [0, 0.05) is 38.3 Å². The highest BCUT2D eigenvalue weighted by Crippen LogP contribution is 2.28. The van der Waals surface area contributed by atoms with E-state index < -0.39 is 0 Å². The smallest absolute Gasteiger partial charge is 0.0479 e. The monoisotopic (exact) mass is 329 g/mol. The first-order valence-electron chi connectivity index (χ1n) is 9.92. The molecule has 3 rings (SSSR count). The molecule has 2 aliphatic rings. The zero-order valence-corrected chi connectivity index (χ0v) is 15.8. The van der Waals surface area contributed by atoms with Gasteiger partial charge in [0.05, 0.1) is 0 Å². The van der Waals surface area contributed by atoms with Gasteiger partial charge in [-0.2, -0.15) is 0 Å². The maximum atomic E-state index is 3.59. The fourth-order valence-corrected chi connectivity index (χ4v) is 4.25. The van der Waals surface area contributed by atoms with Gasteiger partial charge >= 0.3 is 0 Å². The van der Waals surface area contributed by atoms with E-state index in [2.05, 4.69) is 60.2 Å². The van der Waals surface area contributed by atoms with Crippen molar-refractivity contribution in [3.63, 3.8) is 0 Å². The van der Waals surface area contributed by atoms with Gasteiger partial charge in [0.15, 0.2) is 0 Å². The minimum Gasteiger partial charge on any atom is -0.314 e. The summed E-state index contributed by atoms with van der Waals surface area (Å²) in [6, 6.07) is 10.5. The van der Waals surface area contributed by atoms with Crippen molar-refractivity contribution in [1.29, 1.82) is 0 Å². The summed E-state index contributed by atoms with van der Waals surface area (Å²) in [7, 11) is 0. The predicted molar refractivity (Wildman–Crippen MR) is 102 cm³/mol. The summed E-state index contributed by atoms with van der Waals surface area (Å²) >= 11 is 0. The first kappa shape index (κ1) is 17.9. The van der Waals surface area contributed by atoms with E-state index in [0.717, 1.165) is 19.0 Å². The second kappa shape index (κ2) is 8.46. The fourth-order valence-electron chi connectivity index (χ4n) is 4.25. The summed E-state index contributed by atoms with van der Waals surface area (Å²) in [5.74, 6) is 0.904. The summed E-state index contributed by atoms with van der Waals surface area (Å²) in [6.45, 7) is 14.1. The van der Waals surface area contributed by atoms with Gasteiger partial charge in [0.2, 0.25) is 0 Å². The van der Waals surface area contributed by atoms with Crippen LogP contribution in [0.4, 0.5) is 0 Å². The van der Waals surface area contributed by atoms with E-state index in [1.165, 1.54) is 56.6 Å². The number of nitrogens with zero attached hydrogens (tertiary/aromatic N) is 2. The molecule has 0 radical (unpaired) electrons. The van der Waals surface area contributed by atoms with E-state index >= 15 is 0 Å². The first-order chi connectivity index (χ1) is 11.7. The van der Waals surface area contributed by atoms with Gasteiger partial charge in [0.1, 0.15) is 0 Å². The van der Waals surface area contributed by atoms with Crippen LogP contribution in [0.2, 0.25) is 0 Å². The molecule has 2 fully saturated rings. The van der Waals surface area contributed by atoms with Gasteiger partial charge in [-0.3, -0.25) is 4.90 Å². The molecule has 3 heteroatoms. The molecule has 2 heterocycles. The lowest BCUT2D eigenvalue weighted by Gasteiger charge is -2.44. The van der Waals surface area contributed by atoms with Crippen LogP contribution in [0.25, 0.3) is 0 Å². The Morgan fingerprint density at radius 1 is 1.12 bits per heavy atom. The van der Waals surface area contributed by atoms with Gasteiger partial charge in [-0.05, 0) is 50.8 Å². The van der Waals surface area contributed by atoms with E-state index in [9.17, 15) is 0 Å². The van der Waals surface area contributed by atoms with Crippen molar-refractivity contribution >= 4 is 0 Å². The summed E-state index contributed by atoms with van der Waals surface area (Å²) in [4.78, 5) is 5.48. The zero-order valence-electron chi connectivity index (χ0n) is 15.8. The van der Waals surface area contributed by atoms with Crippen molar-refractivity contribution < 1.29 is 0 Å². The number of aryl methyl sites for hydroxylation is 1. The van der Waals surface area contributed by atoms with Crippen LogP contribution in [-0.2, 0) is 0 Å². The Hall–Kier alpha value is -0.900. The SMILES string of the molecule is CCC1CNCCN1C(CN1CCC(C)CC1)c1ccc(C)cc1. The highest BCUT2D eigenvalue weighted by atomic mass is 15.3. The maximum absolute atomic E-state index is 3.59. The Morgan fingerprint density at radius 3 is 2.50 bits per heavy atom. The summed E-state index contributed by atoms with van der Waals surface area (Å²) in [5.41, 5.74) is 2.86. The average Bonchev–Trinajstić information content (AvgIpc) is 2.62. The molecule has 2 saturated heterocycles. The Kier molecular flexibility index (Phi) is 6.31. The molecule has 134 valence electrons. The van der Waals surface area contributed by atoms with Crippen LogP contribution in [0.5, 0.6) is 0 Å². The molecule has 24 heavy (non-hydrogen) atoms. The lowest BCUT2D eigenvalue weighted by Crippen LogP contribution is -2.54. The highest BCUT2D eigenvalue weighted by molar-refractivity contribution is 5.25. The average molecular weight is 330 g/mol. The third-order valence-corrected chi connectivity index (χ3v) is 6.04. The van der Waals surface area contributed by atoms with Gasteiger partial charge in [-0.15, -0.1) is 0 Å². The Balaban J connectivity index is 1.78. The molecular formula is C21H35N3. The molecule has 1 N–H and O–H groups in total. The van der Waals surface area contributed by atoms with Gasteiger partial charge in [-0.25, -0.2) is 0 Å². The first-order valence-corrected chi connectivity index (χ1v) is 9.92. The molecule has 3 nitrogen and oxygen atoms in total. The van der Waals surface area contributed by atoms with Crippen molar-refractivity contribution in [3.05, 3.63) is 35.4 Å². The minimum atomic E-state index is 0.533. The number of benzene rings is 1. The van der Waals surface area contributed by atoms with Crippen LogP contribution in [-0.4, -0.2) is 55.1 Å². The van der Waals surface area contributed by atoms with Crippen molar-refractivity contribution in [2.24, 2.45) is 5.92 Å². The van der Waals surface area contributed by atoms with E-state index in [1.54, 1.807) is 0 Å². The molecule has 1 aromatic carbocycles. The number of likely N-dealkylation sites (tertiary alicyclic amines) is 1. The number of hydrogen-bond acceptors (Lipinski definition) is 3. The lowest BCUT2D eigenvalue weighted by molar-refractivity contribution is 0.0641. The molecule has 0 amide bonds. The van der Waals surface area contributed by atoms with E-state index in [1.807, 2.05) is 0 Å². The van der Waals surface area contributed by atoms with E-state index in [0.29, 0.717) is 12.1 Å². The fraction of sp³-hybridized carbons (Fsp3) is 0.714. The molecule has 0 bridgehead atoms. The second-order valence-corrected chi connectivity index (χ2v) is 7.91. The minimum absolute atomic E-state index is 0.533. The van der Waals surface area contributed by atoms with Gasteiger partial charge in [-0.1, -0.05) is 43.7 Å². The standard InChI is InChI=1S/C21H35N3/c1-4-20-15-22-11-14-24(20)21(19-7-5-17(2)6-8-19)16-23-12-9-18(3)10-13-23/h5-8,18,20-22H,4,9-16H2,1-3H3. The number of rotatable bonds is 5. The van der Waals surface area contributed by atoms with Crippen LogP contribution in [0.15, 0.2) is 24.3 Å². The summed E-state index contributed by atoms with van der Waals surface area (Å²) in [6.07, 6.45) is 3.95. The quantitative estimate of drug-likeness (QED) is 0.892. The molecule has 0 aliphatic carbocycles. The normalized spacial score (nSPS) is 25.7. The third kappa shape index (κ3) is 4.38. The van der Waals surface area contributed by atoms with Crippen LogP contribution >= 0.6 is 0 Å². The maximum Gasteiger partial charge on any atom is 0.0479 e. The van der Waals surface area contributed by atoms with Crippen molar-refractivity contribution in [3.8, 4) is 0 Å². The van der Waals surface area contributed by atoms with Crippen LogP contribution in [0.1, 0.15) is 50.3 Å². The van der Waals surface area contributed by atoms with Crippen LogP contribution < -0.4 is 5.32 Å². The van der Waals surface area contributed by atoms with Crippen molar-refractivity contribution in [2.75, 3.05) is 39.3 Å². The van der Waals surface area contributed by atoms with Crippen molar-refractivity contribution in [1.82, 2.24) is 15.1 Å². The number of piperazine rings is 1. The predicted octanol–water partition coefficient (Wildman–Crippen LogP) is 3.45. The van der Waals surface area contributed by atoms with E-state index in [4.69, 9.17) is 0 Å². The number of piperidine rings is 1. The Morgan fingerprint density at radius 2 is 1.83 bits per heavy atom. The number of hydrogen-bond donors (Lipinski definition) is 1. The van der Waals surface area contributed by atoms with Crippen LogP contribution in [0.3, 0.4) is 0 Å². The van der Waals surface area contributed by atoms with E-state index in [-0.39, 0.29) is 0 Å². The molecule has 2 aliphatic heterocycles. The third-order valence-electron chi connectivity index (χ3n) is 6.04. The number of nitrogens with one attached hydrogen (secondary N) is 1. The van der Waals surface area contributed by atoms with Gasteiger partial charge < -0.3 is 10.2 Å². The van der Waals surface area contributed by atoms with Crippen molar-refractivity contribution in [2.45, 2.75) is 52.1 Å². The zero-order chi connectivity index (χ0) is 16.9. The molecule has 1 aromatic rings. The molecule has 0 aromatic heterocycles. The molecule has 0 saturated carbocycles. The Labute approximate surface area is 148 Å². The van der Waals surface area contributed by atoms with Gasteiger partial charge in [0.25, 0.3) is 0 Å². The lowest BCUT2D eigenvalue weighted by atomic mass is 9.96.